The maximum Gasteiger partial charge on any atom is 0.321 e. The Morgan fingerprint density at radius 2 is 1.64 bits per heavy atom. The van der Waals surface area contributed by atoms with E-state index in [0.29, 0.717) is 54.6 Å². The number of methoxy groups -OCH3 is 3. The molecule has 3 amide bonds. The van der Waals surface area contributed by atoms with E-state index in [9.17, 15) is 9.59 Å². The Morgan fingerprint density at radius 1 is 1.03 bits per heavy atom. The highest BCUT2D eigenvalue weighted by molar-refractivity contribution is 6.46. The van der Waals surface area contributed by atoms with Crippen molar-refractivity contribution in [2.75, 3.05) is 39.7 Å². The molecule has 2 aromatic rings. The van der Waals surface area contributed by atoms with Crippen LogP contribution in [0.3, 0.4) is 0 Å². The van der Waals surface area contributed by atoms with E-state index in [1.807, 2.05) is 31.2 Å². The average Bonchev–Trinajstić information content (AvgIpc) is 3.14. The summed E-state index contributed by atoms with van der Waals surface area (Å²) in [5.41, 5.74) is 2.24. The van der Waals surface area contributed by atoms with Crippen LogP contribution >= 0.6 is 0 Å². The highest BCUT2D eigenvalue weighted by atomic mass is 16.5. The first-order chi connectivity index (χ1) is 15.9. The molecule has 4 rings (SSSR count). The van der Waals surface area contributed by atoms with Gasteiger partial charge in [-0.1, -0.05) is 29.8 Å². The van der Waals surface area contributed by atoms with Gasteiger partial charge in [0.25, 0.3) is 5.91 Å². The topological polar surface area (TPSA) is 101 Å². The second-order valence-corrected chi connectivity index (χ2v) is 8.14. The molecule has 1 fully saturated rings. The molecule has 0 bridgehead atoms. The molecule has 0 unspecified atom stereocenters. The lowest BCUT2D eigenvalue weighted by atomic mass is 9.98. The lowest BCUT2D eigenvalue weighted by molar-refractivity contribution is -0.115. The van der Waals surface area contributed by atoms with Gasteiger partial charge in [-0.3, -0.25) is 9.79 Å². The monoisotopic (exact) mass is 452 g/mol. The fourth-order valence-electron chi connectivity index (χ4n) is 4.14. The van der Waals surface area contributed by atoms with Crippen LogP contribution in [0, 0.1) is 6.92 Å². The van der Waals surface area contributed by atoms with Gasteiger partial charge in [0.05, 0.1) is 27.0 Å². The van der Waals surface area contributed by atoms with Crippen LogP contribution in [0.15, 0.2) is 41.4 Å². The van der Waals surface area contributed by atoms with E-state index in [1.54, 1.807) is 17.0 Å². The molecule has 0 saturated carbocycles. The number of hydrogen-bond donors (Lipinski definition) is 2. The number of likely N-dealkylation sites (tertiary alicyclic amines) is 1. The van der Waals surface area contributed by atoms with Gasteiger partial charge in [-0.25, -0.2) is 4.79 Å². The number of aryl methyl sites for hydroxylation is 1. The van der Waals surface area contributed by atoms with Crippen molar-refractivity contribution in [1.29, 1.82) is 0 Å². The first-order valence-corrected chi connectivity index (χ1v) is 10.7. The van der Waals surface area contributed by atoms with Crippen LogP contribution in [0.2, 0.25) is 0 Å². The molecule has 2 aliphatic rings. The normalized spacial score (nSPS) is 16.8. The number of nitrogens with zero attached hydrogens (tertiary/aromatic N) is 2. The molecule has 1 spiro atoms. The van der Waals surface area contributed by atoms with Crippen molar-refractivity contribution in [1.82, 2.24) is 10.2 Å². The number of amides is 3. The van der Waals surface area contributed by atoms with Crippen molar-refractivity contribution in [3.05, 3.63) is 47.5 Å². The zero-order valence-electron chi connectivity index (χ0n) is 19.2. The van der Waals surface area contributed by atoms with Crippen LogP contribution in [0.1, 0.15) is 24.0 Å². The summed E-state index contributed by atoms with van der Waals surface area (Å²) in [6, 6.07) is 10.9. The molecular formula is C24H28N4O5. The van der Waals surface area contributed by atoms with Gasteiger partial charge in [0, 0.05) is 43.6 Å². The molecule has 9 nitrogen and oxygen atoms in total. The molecule has 2 heterocycles. The molecule has 0 aromatic heterocycles. The summed E-state index contributed by atoms with van der Waals surface area (Å²) in [6.45, 7) is 2.92. The summed E-state index contributed by atoms with van der Waals surface area (Å²) in [7, 11) is 4.57. The van der Waals surface area contributed by atoms with Crippen molar-refractivity contribution >= 4 is 23.3 Å². The van der Waals surface area contributed by atoms with Crippen LogP contribution in [0.4, 0.5) is 10.5 Å². The third-order valence-corrected chi connectivity index (χ3v) is 6.01. The van der Waals surface area contributed by atoms with E-state index in [-0.39, 0.29) is 11.9 Å². The first kappa shape index (κ1) is 22.4. The van der Waals surface area contributed by atoms with Crippen molar-refractivity contribution < 1.29 is 23.8 Å². The van der Waals surface area contributed by atoms with Gasteiger partial charge < -0.3 is 29.7 Å². The third-order valence-electron chi connectivity index (χ3n) is 6.01. The zero-order valence-corrected chi connectivity index (χ0v) is 19.2. The molecule has 174 valence electrons. The maximum atomic E-state index is 12.9. The lowest BCUT2D eigenvalue weighted by Crippen LogP contribution is -2.53. The summed E-state index contributed by atoms with van der Waals surface area (Å²) < 4.78 is 16.0. The fourth-order valence-corrected chi connectivity index (χ4v) is 4.14. The first-order valence-electron chi connectivity index (χ1n) is 10.7. The van der Waals surface area contributed by atoms with E-state index < -0.39 is 5.66 Å². The van der Waals surface area contributed by atoms with Gasteiger partial charge in [-0.05, 0) is 6.92 Å². The number of benzene rings is 2. The Balaban J connectivity index is 1.43. The minimum absolute atomic E-state index is 0.172. The molecule has 33 heavy (non-hydrogen) atoms. The average molecular weight is 453 g/mol. The SMILES string of the molecule is COc1cc(NC(=O)N2CCC3(CC2)N=C(c2ccc(C)cc2)C(=O)N3)cc(OC)c1OC. The summed E-state index contributed by atoms with van der Waals surface area (Å²) in [4.78, 5) is 31.9. The number of ether oxygens (including phenoxy) is 3. The van der Waals surface area contributed by atoms with Gasteiger partial charge >= 0.3 is 6.03 Å². The Labute approximate surface area is 192 Å². The minimum Gasteiger partial charge on any atom is -0.493 e. The molecule has 2 aliphatic heterocycles. The van der Waals surface area contributed by atoms with Crippen LogP contribution in [-0.2, 0) is 4.79 Å². The minimum atomic E-state index is -0.666. The predicted molar refractivity (Wildman–Crippen MR) is 125 cm³/mol. The van der Waals surface area contributed by atoms with Crippen molar-refractivity contribution in [3.8, 4) is 17.2 Å². The van der Waals surface area contributed by atoms with Gasteiger partial charge in [0.15, 0.2) is 11.5 Å². The van der Waals surface area contributed by atoms with E-state index in [2.05, 4.69) is 10.6 Å². The molecule has 9 heteroatoms. The lowest BCUT2D eigenvalue weighted by Gasteiger charge is -2.37. The van der Waals surface area contributed by atoms with Crippen LogP contribution < -0.4 is 24.8 Å². The number of anilines is 1. The number of hydrogen-bond acceptors (Lipinski definition) is 6. The van der Waals surface area contributed by atoms with Crippen LogP contribution in [0.25, 0.3) is 0 Å². The van der Waals surface area contributed by atoms with Gasteiger partial charge in [-0.2, -0.15) is 0 Å². The standard InChI is InChI=1S/C24H28N4O5/c1-15-5-7-16(8-6-15)20-22(29)27-24(26-20)9-11-28(12-10-24)23(30)25-17-13-18(31-2)21(33-4)19(14-17)32-3/h5-8,13-14H,9-12H2,1-4H3,(H,25,30)(H,27,29). The van der Waals surface area contributed by atoms with E-state index in [0.717, 1.165) is 11.1 Å². The molecular weight excluding hydrogens is 424 g/mol. The van der Waals surface area contributed by atoms with Crippen LogP contribution in [0.5, 0.6) is 17.2 Å². The molecule has 1 saturated heterocycles. The van der Waals surface area contributed by atoms with Crippen molar-refractivity contribution in [2.24, 2.45) is 4.99 Å². The molecule has 0 radical (unpaired) electrons. The molecule has 0 atom stereocenters. The summed E-state index contributed by atoms with van der Waals surface area (Å²) in [5.74, 6) is 1.19. The fraction of sp³-hybridized carbons (Fsp3) is 0.375. The molecule has 2 aromatic carbocycles. The quantitative estimate of drug-likeness (QED) is 0.726. The highest BCUT2D eigenvalue weighted by Crippen LogP contribution is 2.40. The van der Waals surface area contributed by atoms with E-state index in [1.165, 1.54) is 21.3 Å². The van der Waals surface area contributed by atoms with Gasteiger partial charge in [-0.15, -0.1) is 0 Å². The van der Waals surface area contributed by atoms with Crippen molar-refractivity contribution in [2.45, 2.75) is 25.4 Å². The number of urea groups is 1. The highest BCUT2D eigenvalue weighted by Gasteiger charge is 2.42. The number of carbonyl (C=O) groups excluding carboxylic acids is 2. The van der Waals surface area contributed by atoms with Gasteiger partial charge in [0.2, 0.25) is 5.75 Å². The van der Waals surface area contributed by atoms with Gasteiger partial charge in [0.1, 0.15) is 11.4 Å². The number of aliphatic imine (C=N–C) groups is 1. The summed E-state index contributed by atoms with van der Waals surface area (Å²) in [6.07, 6.45) is 1.08. The second kappa shape index (κ2) is 9.01. The Kier molecular flexibility index (Phi) is 6.13. The van der Waals surface area contributed by atoms with E-state index >= 15 is 0 Å². The predicted octanol–water partition coefficient (Wildman–Crippen LogP) is 2.96. The Hall–Kier alpha value is -3.75. The maximum absolute atomic E-state index is 12.9. The summed E-state index contributed by atoms with van der Waals surface area (Å²) >= 11 is 0. The summed E-state index contributed by atoms with van der Waals surface area (Å²) in [5, 5.41) is 5.92. The number of carbonyl (C=O) groups is 2. The van der Waals surface area contributed by atoms with Crippen LogP contribution in [-0.4, -0.2) is 62.6 Å². The molecule has 2 N–H and O–H groups in total. The zero-order chi connectivity index (χ0) is 23.6. The Bertz CT molecular complexity index is 1060. The second-order valence-electron chi connectivity index (χ2n) is 8.14. The Morgan fingerprint density at radius 3 is 2.18 bits per heavy atom. The number of rotatable bonds is 5. The largest absolute Gasteiger partial charge is 0.493 e. The number of piperidine rings is 1. The number of nitrogens with one attached hydrogen (secondary N) is 2. The molecule has 0 aliphatic carbocycles. The van der Waals surface area contributed by atoms with Crippen molar-refractivity contribution in [3.63, 3.8) is 0 Å². The third kappa shape index (κ3) is 4.44. The smallest absolute Gasteiger partial charge is 0.321 e. The van der Waals surface area contributed by atoms with E-state index in [4.69, 9.17) is 19.2 Å².